The smallest absolute Gasteiger partial charge is 0.337 e. The van der Waals surface area contributed by atoms with Gasteiger partial charge in [-0.25, -0.2) is 4.79 Å². The first-order valence-corrected chi connectivity index (χ1v) is 3.68. The lowest BCUT2D eigenvalue weighted by Crippen LogP contribution is -2.45. The summed E-state index contributed by atoms with van der Waals surface area (Å²) in [5, 5.41) is 8.77. The van der Waals surface area contributed by atoms with E-state index in [-0.39, 0.29) is 0 Å². The van der Waals surface area contributed by atoms with Crippen molar-refractivity contribution in [3.8, 4) is 0 Å². The van der Waals surface area contributed by atoms with Gasteiger partial charge in [-0.3, -0.25) is 0 Å². The summed E-state index contributed by atoms with van der Waals surface area (Å²) in [5.74, 6) is -0.997. The van der Waals surface area contributed by atoms with E-state index in [2.05, 4.69) is 0 Å². The summed E-state index contributed by atoms with van der Waals surface area (Å²) in [6.07, 6.45) is 2.95. The van der Waals surface area contributed by atoms with Crippen molar-refractivity contribution in [2.45, 2.75) is 25.0 Å². The van der Waals surface area contributed by atoms with E-state index in [0.717, 1.165) is 0 Å². The normalized spacial score (nSPS) is 29.8. The Morgan fingerprint density at radius 1 is 1.83 bits per heavy atom. The molecule has 1 heterocycles. The molecule has 12 heavy (non-hydrogen) atoms. The van der Waals surface area contributed by atoms with Gasteiger partial charge in [-0.15, -0.1) is 0 Å². The summed E-state index contributed by atoms with van der Waals surface area (Å²) >= 11 is 0. The molecule has 0 saturated heterocycles. The Morgan fingerprint density at radius 2 is 2.50 bits per heavy atom. The van der Waals surface area contributed by atoms with Crippen molar-refractivity contribution in [3.05, 3.63) is 12.3 Å². The average Bonchev–Trinajstić information content (AvgIpc) is 2.37. The second-order valence-electron chi connectivity index (χ2n) is 2.96. The predicted molar refractivity (Wildman–Crippen MR) is 41.7 cm³/mol. The zero-order valence-corrected chi connectivity index (χ0v) is 7.11. The van der Waals surface area contributed by atoms with Gasteiger partial charge in [-0.2, -0.15) is 0 Å². The van der Waals surface area contributed by atoms with Crippen LogP contribution in [0.5, 0.6) is 0 Å². The molecule has 0 aromatic carbocycles. The fraction of sp³-hybridized carbons (Fsp3) is 0.625. The summed E-state index contributed by atoms with van der Waals surface area (Å²) in [7, 11) is 1.37. The van der Waals surface area contributed by atoms with Crippen LogP contribution in [0.25, 0.3) is 0 Å². The number of rotatable bonds is 3. The molecule has 0 saturated carbocycles. The number of methoxy groups -OCH3 is 1. The van der Waals surface area contributed by atoms with Gasteiger partial charge in [0.15, 0.2) is 6.10 Å². The predicted octanol–water partition coefficient (Wildman–Crippen LogP) is 0.779. The molecule has 68 valence electrons. The highest BCUT2D eigenvalue weighted by atomic mass is 16.6. The molecule has 0 aromatic rings. The van der Waals surface area contributed by atoms with Crippen LogP contribution in [0.2, 0.25) is 0 Å². The van der Waals surface area contributed by atoms with E-state index < -0.39 is 17.7 Å². The van der Waals surface area contributed by atoms with Gasteiger partial charge in [0.2, 0.25) is 0 Å². The molecule has 1 unspecified atom stereocenters. The van der Waals surface area contributed by atoms with Gasteiger partial charge in [-0.1, -0.05) is 0 Å². The summed E-state index contributed by atoms with van der Waals surface area (Å²) in [6.45, 7) is 1.72. The zero-order valence-electron chi connectivity index (χ0n) is 7.11. The fourth-order valence-corrected chi connectivity index (χ4v) is 1.31. The Morgan fingerprint density at radius 3 is 2.83 bits per heavy atom. The third-order valence-corrected chi connectivity index (χ3v) is 1.97. The standard InChI is InChI=1S/C8H12O4/c1-8(4-3-5-12-8)6(11-2)7(9)10/h3,5-6H,4H2,1-2H3,(H,9,10)/t6-,8?/m0/s1. The highest BCUT2D eigenvalue weighted by molar-refractivity contribution is 5.74. The molecule has 1 N–H and O–H groups in total. The molecule has 0 aliphatic carbocycles. The highest BCUT2D eigenvalue weighted by Gasteiger charge is 2.42. The van der Waals surface area contributed by atoms with Crippen molar-refractivity contribution in [3.63, 3.8) is 0 Å². The number of carbonyl (C=O) groups is 1. The number of aliphatic carboxylic acids is 1. The molecular formula is C8H12O4. The summed E-state index contributed by atoms with van der Waals surface area (Å²) in [5.41, 5.74) is -0.749. The third kappa shape index (κ3) is 1.43. The van der Waals surface area contributed by atoms with Gasteiger partial charge in [0.25, 0.3) is 0 Å². The van der Waals surface area contributed by atoms with E-state index in [1.54, 1.807) is 13.0 Å². The number of hydrogen-bond donors (Lipinski definition) is 1. The lowest BCUT2D eigenvalue weighted by atomic mass is 9.96. The number of carboxylic acids is 1. The van der Waals surface area contributed by atoms with Crippen molar-refractivity contribution in [2.24, 2.45) is 0 Å². The molecule has 1 rings (SSSR count). The van der Waals surface area contributed by atoms with E-state index >= 15 is 0 Å². The van der Waals surface area contributed by atoms with Gasteiger partial charge in [0.05, 0.1) is 6.26 Å². The van der Waals surface area contributed by atoms with Crippen LogP contribution in [-0.4, -0.2) is 29.9 Å². The molecule has 1 aliphatic heterocycles. The Bertz CT molecular complexity index is 201. The van der Waals surface area contributed by atoms with E-state index in [4.69, 9.17) is 14.6 Å². The van der Waals surface area contributed by atoms with Crippen molar-refractivity contribution >= 4 is 5.97 Å². The minimum Gasteiger partial charge on any atom is -0.492 e. The second-order valence-corrected chi connectivity index (χ2v) is 2.96. The maximum atomic E-state index is 10.7. The number of hydrogen-bond acceptors (Lipinski definition) is 3. The third-order valence-electron chi connectivity index (χ3n) is 1.97. The van der Waals surface area contributed by atoms with Crippen LogP contribution in [0.4, 0.5) is 0 Å². The summed E-state index contributed by atoms with van der Waals surface area (Å²) in [4.78, 5) is 10.7. The van der Waals surface area contributed by atoms with E-state index in [1.807, 2.05) is 0 Å². The minimum absolute atomic E-state index is 0.567. The Kier molecular flexibility index (Phi) is 2.38. The largest absolute Gasteiger partial charge is 0.492 e. The maximum Gasteiger partial charge on any atom is 0.337 e. The van der Waals surface area contributed by atoms with Crippen LogP contribution in [0.15, 0.2) is 12.3 Å². The van der Waals surface area contributed by atoms with Crippen molar-refractivity contribution in [1.82, 2.24) is 0 Å². The maximum absolute atomic E-state index is 10.7. The van der Waals surface area contributed by atoms with Crippen molar-refractivity contribution in [1.29, 1.82) is 0 Å². The molecule has 4 nitrogen and oxygen atoms in total. The fourth-order valence-electron chi connectivity index (χ4n) is 1.31. The Labute approximate surface area is 70.8 Å². The first kappa shape index (κ1) is 9.06. The quantitative estimate of drug-likeness (QED) is 0.683. The van der Waals surface area contributed by atoms with Gasteiger partial charge in [0.1, 0.15) is 5.60 Å². The SMILES string of the molecule is CO[C@@H](C(=O)O)C1(C)CC=CO1. The molecule has 0 amide bonds. The van der Waals surface area contributed by atoms with Gasteiger partial charge in [-0.05, 0) is 13.0 Å². The monoisotopic (exact) mass is 172 g/mol. The molecule has 0 bridgehead atoms. The highest BCUT2D eigenvalue weighted by Crippen LogP contribution is 2.28. The average molecular weight is 172 g/mol. The second kappa shape index (κ2) is 3.15. The molecule has 1 aliphatic rings. The van der Waals surface area contributed by atoms with Crippen LogP contribution in [0, 0.1) is 0 Å². The topological polar surface area (TPSA) is 55.8 Å². The lowest BCUT2D eigenvalue weighted by molar-refractivity contribution is -0.164. The Hall–Kier alpha value is -1.03. The first-order valence-electron chi connectivity index (χ1n) is 3.68. The molecule has 0 aromatic heterocycles. The van der Waals surface area contributed by atoms with Crippen LogP contribution in [0.3, 0.4) is 0 Å². The van der Waals surface area contributed by atoms with Gasteiger partial charge in [0, 0.05) is 13.5 Å². The summed E-state index contributed by atoms with van der Waals surface area (Å²) in [6, 6.07) is 0. The van der Waals surface area contributed by atoms with E-state index in [9.17, 15) is 4.79 Å². The van der Waals surface area contributed by atoms with Gasteiger partial charge >= 0.3 is 5.97 Å². The molecule has 0 spiro atoms. The molecule has 2 atom stereocenters. The van der Waals surface area contributed by atoms with Crippen LogP contribution in [-0.2, 0) is 14.3 Å². The molecule has 0 radical (unpaired) electrons. The van der Waals surface area contributed by atoms with E-state index in [0.29, 0.717) is 6.42 Å². The number of ether oxygens (including phenoxy) is 2. The summed E-state index contributed by atoms with van der Waals surface area (Å²) < 4.78 is 10.0. The molecular weight excluding hydrogens is 160 g/mol. The number of carboxylic acid groups (broad SMARTS) is 1. The molecule has 0 fully saturated rings. The Balaban J connectivity index is 2.71. The van der Waals surface area contributed by atoms with Gasteiger partial charge < -0.3 is 14.6 Å². The minimum atomic E-state index is -0.997. The van der Waals surface area contributed by atoms with Crippen LogP contribution < -0.4 is 0 Å². The van der Waals surface area contributed by atoms with E-state index in [1.165, 1.54) is 13.4 Å². The van der Waals surface area contributed by atoms with Crippen LogP contribution >= 0.6 is 0 Å². The van der Waals surface area contributed by atoms with Crippen molar-refractivity contribution in [2.75, 3.05) is 7.11 Å². The van der Waals surface area contributed by atoms with Crippen LogP contribution in [0.1, 0.15) is 13.3 Å². The lowest BCUT2D eigenvalue weighted by Gasteiger charge is -2.28. The van der Waals surface area contributed by atoms with Crippen molar-refractivity contribution < 1.29 is 19.4 Å². The first-order chi connectivity index (χ1) is 5.60. The molecule has 4 heteroatoms. The zero-order chi connectivity index (χ0) is 9.19.